The first-order chi connectivity index (χ1) is 10.1. The van der Waals surface area contributed by atoms with Crippen molar-refractivity contribution in [3.63, 3.8) is 0 Å². The average Bonchev–Trinajstić information content (AvgIpc) is 2.73. The number of benzene rings is 1. The molecule has 21 heavy (non-hydrogen) atoms. The topological polar surface area (TPSA) is 43.9 Å². The minimum Gasteiger partial charge on any atom is -0.310 e. The van der Waals surface area contributed by atoms with E-state index in [0.717, 1.165) is 17.6 Å². The Morgan fingerprint density at radius 1 is 1.19 bits per heavy atom. The molecule has 2 fully saturated rings. The number of carbonyl (C=O) groups excluding carboxylic acids is 2. The summed E-state index contributed by atoms with van der Waals surface area (Å²) in [6, 6.07) is 7.77. The summed E-state index contributed by atoms with van der Waals surface area (Å²) >= 11 is 3.43. The number of piperazine rings is 1. The fraction of sp³-hybridized carbons (Fsp3) is 0.467. The number of halogens is 1. The number of hydrogen-bond donors (Lipinski definition) is 0. The molecule has 0 N–H and O–H groups in total. The van der Waals surface area contributed by atoms with Crippen LogP contribution in [0.25, 0.3) is 0 Å². The van der Waals surface area contributed by atoms with Crippen molar-refractivity contribution in [1.82, 2.24) is 14.7 Å². The van der Waals surface area contributed by atoms with Crippen molar-refractivity contribution in [1.29, 1.82) is 0 Å². The van der Waals surface area contributed by atoms with Crippen LogP contribution < -0.4 is 0 Å². The molecule has 1 aromatic carbocycles. The first kappa shape index (κ1) is 14.5. The Kier molecular flexibility index (Phi) is 3.99. The number of imide groups is 1. The molecule has 1 unspecified atom stereocenters. The molecule has 0 saturated carbocycles. The van der Waals surface area contributed by atoms with Crippen LogP contribution in [0.5, 0.6) is 0 Å². The summed E-state index contributed by atoms with van der Waals surface area (Å²) in [7, 11) is 0. The average molecular weight is 352 g/mol. The van der Waals surface area contributed by atoms with E-state index in [-0.39, 0.29) is 18.0 Å². The molecular weight excluding hydrogens is 334 g/mol. The molecule has 6 heteroatoms. The molecular formula is C15H18BrN3O2. The Morgan fingerprint density at radius 3 is 2.57 bits per heavy atom. The highest BCUT2D eigenvalue weighted by Crippen LogP contribution is 2.23. The molecule has 112 valence electrons. The Labute approximate surface area is 132 Å². The first-order valence-corrected chi connectivity index (χ1v) is 7.98. The number of urea groups is 1. The predicted molar refractivity (Wildman–Crippen MR) is 82.7 cm³/mol. The van der Waals surface area contributed by atoms with Crippen molar-refractivity contribution >= 4 is 27.9 Å². The summed E-state index contributed by atoms with van der Waals surface area (Å²) in [6.07, 6.45) is 0. The number of carbonyl (C=O) groups is 2. The molecule has 5 nitrogen and oxygen atoms in total. The lowest BCUT2D eigenvalue weighted by atomic mass is 10.1. The zero-order chi connectivity index (χ0) is 15.0. The van der Waals surface area contributed by atoms with Gasteiger partial charge < -0.3 is 4.90 Å². The molecule has 2 aliphatic heterocycles. The van der Waals surface area contributed by atoms with E-state index in [0.29, 0.717) is 19.6 Å². The van der Waals surface area contributed by atoms with Crippen LogP contribution in [0.3, 0.4) is 0 Å². The third-order valence-corrected chi connectivity index (χ3v) is 4.66. The van der Waals surface area contributed by atoms with Crippen molar-refractivity contribution in [2.45, 2.75) is 19.5 Å². The Morgan fingerprint density at radius 2 is 1.90 bits per heavy atom. The third-order valence-electron chi connectivity index (χ3n) is 4.13. The summed E-state index contributed by atoms with van der Waals surface area (Å²) < 4.78 is 1.06. The van der Waals surface area contributed by atoms with Gasteiger partial charge in [0.25, 0.3) is 5.91 Å². The van der Waals surface area contributed by atoms with Gasteiger partial charge >= 0.3 is 6.03 Å². The van der Waals surface area contributed by atoms with Gasteiger partial charge in [-0.2, -0.15) is 0 Å². The molecule has 2 heterocycles. The van der Waals surface area contributed by atoms with Gasteiger partial charge in [-0.1, -0.05) is 28.1 Å². The van der Waals surface area contributed by atoms with Gasteiger partial charge in [-0.05, 0) is 24.6 Å². The van der Waals surface area contributed by atoms with E-state index < -0.39 is 0 Å². The quantitative estimate of drug-likeness (QED) is 0.781. The van der Waals surface area contributed by atoms with Gasteiger partial charge in [0.05, 0.1) is 0 Å². The molecule has 1 aromatic rings. The van der Waals surface area contributed by atoms with Crippen LogP contribution in [-0.4, -0.2) is 58.9 Å². The standard InChI is InChI=1S/C15H18BrN3O2/c1-2-18-14(20)13-10-17(7-8-19(13)15(18)21)9-11-3-5-12(16)6-4-11/h3-6,13H,2,7-10H2,1H3. The minimum absolute atomic E-state index is 0.0528. The van der Waals surface area contributed by atoms with Crippen molar-refractivity contribution in [2.24, 2.45) is 0 Å². The third kappa shape index (κ3) is 2.70. The highest BCUT2D eigenvalue weighted by Gasteiger charge is 2.46. The van der Waals surface area contributed by atoms with Crippen LogP contribution in [0.15, 0.2) is 28.7 Å². The number of hydrogen-bond acceptors (Lipinski definition) is 3. The van der Waals surface area contributed by atoms with E-state index in [2.05, 4.69) is 33.0 Å². The monoisotopic (exact) mass is 351 g/mol. The van der Waals surface area contributed by atoms with Crippen LogP contribution >= 0.6 is 15.9 Å². The lowest BCUT2D eigenvalue weighted by Crippen LogP contribution is -2.52. The highest BCUT2D eigenvalue weighted by molar-refractivity contribution is 9.10. The summed E-state index contributed by atoms with van der Waals surface area (Å²) in [5.41, 5.74) is 1.22. The van der Waals surface area contributed by atoms with Crippen LogP contribution in [0, 0.1) is 0 Å². The number of rotatable bonds is 3. The van der Waals surface area contributed by atoms with E-state index in [4.69, 9.17) is 0 Å². The van der Waals surface area contributed by atoms with E-state index in [1.54, 1.807) is 4.90 Å². The van der Waals surface area contributed by atoms with Gasteiger partial charge in [-0.15, -0.1) is 0 Å². The lowest BCUT2D eigenvalue weighted by molar-refractivity contribution is -0.129. The molecule has 1 atom stereocenters. The Hall–Kier alpha value is -1.40. The van der Waals surface area contributed by atoms with Crippen molar-refractivity contribution in [3.05, 3.63) is 34.3 Å². The van der Waals surface area contributed by atoms with Crippen LogP contribution in [0.2, 0.25) is 0 Å². The molecule has 2 saturated heterocycles. The van der Waals surface area contributed by atoms with E-state index in [9.17, 15) is 9.59 Å². The van der Waals surface area contributed by atoms with Crippen LogP contribution in [0.4, 0.5) is 4.79 Å². The van der Waals surface area contributed by atoms with Gasteiger partial charge in [-0.3, -0.25) is 14.6 Å². The minimum atomic E-state index is -0.304. The zero-order valence-corrected chi connectivity index (χ0v) is 13.5. The Bertz CT molecular complexity index is 561. The van der Waals surface area contributed by atoms with E-state index in [1.165, 1.54) is 10.5 Å². The van der Waals surface area contributed by atoms with Crippen molar-refractivity contribution in [3.8, 4) is 0 Å². The van der Waals surface area contributed by atoms with Crippen LogP contribution in [0.1, 0.15) is 12.5 Å². The van der Waals surface area contributed by atoms with Gasteiger partial charge in [-0.25, -0.2) is 4.79 Å². The summed E-state index contributed by atoms with van der Waals surface area (Å²) in [5, 5.41) is 0. The number of fused-ring (bicyclic) bond motifs is 1. The molecule has 3 rings (SSSR count). The maximum absolute atomic E-state index is 12.3. The number of nitrogens with zero attached hydrogens (tertiary/aromatic N) is 3. The maximum atomic E-state index is 12.3. The second-order valence-electron chi connectivity index (χ2n) is 5.44. The smallest absolute Gasteiger partial charge is 0.310 e. The first-order valence-electron chi connectivity index (χ1n) is 7.19. The van der Waals surface area contributed by atoms with E-state index >= 15 is 0 Å². The molecule has 0 aliphatic carbocycles. The summed E-state index contributed by atoms with van der Waals surface area (Å²) in [5.74, 6) is -0.0528. The second kappa shape index (κ2) is 5.77. The zero-order valence-electron chi connectivity index (χ0n) is 12.0. The largest absolute Gasteiger partial charge is 0.327 e. The van der Waals surface area contributed by atoms with Gasteiger partial charge in [0.2, 0.25) is 0 Å². The highest BCUT2D eigenvalue weighted by atomic mass is 79.9. The van der Waals surface area contributed by atoms with Crippen molar-refractivity contribution in [2.75, 3.05) is 26.2 Å². The molecule has 0 radical (unpaired) electrons. The molecule has 0 bridgehead atoms. The predicted octanol–water partition coefficient (Wildman–Crippen LogP) is 1.92. The van der Waals surface area contributed by atoms with Crippen molar-refractivity contribution < 1.29 is 9.59 Å². The van der Waals surface area contributed by atoms with Crippen LogP contribution in [-0.2, 0) is 11.3 Å². The molecule has 2 aliphatic rings. The lowest BCUT2D eigenvalue weighted by Gasteiger charge is -2.35. The Balaban J connectivity index is 1.68. The maximum Gasteiger partial charge on any atom is 0.327 e. The SMILES string of the molecule is CCN1C(=O)C2CN(Cc3ccc(Br)cc3)CCN2C1=O. The second-order valence-corrected chi connectivity index (χ2v) is 6.35. The number of likely N-dealkylation sites (N-methyl/N-ethyl adjacent to an activating group) is 1. The summed E-state index contributed by atoms with van der Waals surface area (Å²) in [6.45, 7) is 5.17. The molecule has 0 spiro atoms. The number of amides is 3. The van der Waals surface area contributed by atoms with Gasteiger partial charge in [0, 0.05) is 37.2 Å². The summed E-state index contributed by atoms with van der Waals surface area (Å²) in [4.78, 5) is 29.7. The van der Waals surface area contributed by atoms with E-state index in [1.807, 2.05) is 19.1 Å². The van der Waals surface area contributed by atoms with Gasteiger partial charge in [0.15, 0.2) is 0 Å². The molecule has 3 amide bonds. The fourth-order valence-corrected chi connectivity index (χ4v) is 3.26. The van der Waals surface area contributed by atoms with Gasteiger partial charge in [0.1, 0.15) is 6.04 Å². The fourth-order valence-electron chi connectivity index (χ4n) is 2.99. The normalized spacial score (nSPS) is 22.9. The molecule has 0 aromatic heterocycles.